The van der Waals surface area contributed by atoms with E-state index in [2.05, 4.69) is 43.0 Å². The van der Waals surface area contributed by atoms with Crippen molar-refractivity contribution in [2.24, 2.45) is 5.92 Å². The van der Waals surface area contributed by atoms with Gasteiger partial charge in [-0.2, -0.15) is 0 Å². The summed E-state index contributed by atoms with van der Waals surface area (Å²) in [5.74, 6) is -0.855. The number of carboxylic acids is 1. The number of rotatable bonds is 3. The molecule has 0 radical (unpaired) electrons. The third-order valence-corrected chi connectivity index (χ3v) is 3.64. The van der Waals surface area contributed by atoms with Crippen molar-refractivity contribution in [2.45, 2.75) is 26.3 Å². The van der Waals surface area contributed by atoms with Gasteiger partial charge in [-0.1, -0.05) is 29.8 Å². The van der Waals surface area contributed by atoms with Crippen molar-refractivity contribution in [3.05, 3.63) is 35.4 Å². The van der Waals surface area contributed by atoms with Gasteiger partial charge in [-0.05, 0) is 32.4 Å². The second kappa shape index (κ2) is 6.21. The van der Waals surface area contributed by atoms with E-state index in [-0.39, 0.29) is 18.3 Å². The van der Waals surface area contributed by atoms with Crippen LogP contribution in [-0.4, -0.2) is 29.1 Å². The van der Waals surface area contributed by atoms with E-state index < -0.39 is 5.97 Å². The van der Waals surface area contributed by atoms with Gasteiger partial charge < -0.3 is 5.11 Å². The van der Waals surface area contributed by atoms with E-state index in [1.165, 1.54) is 11.1 Å². The predicted molar refractivity (Wildman–Crippen MR) is 74.2 cm³/mol. The van der Waals surface area contributed by atoms with Crippen LogP contribution in [0.3, 0.4) is 0 Å². The summed E-state index contributed by atoms with van der Waals surface area (Å²) in [6, 6.07) is 8.75. The van der Waals surface area contributed by atoms with Gasteiger partial charge in [0.25, 0.3) is 0 Å². The molecule has 1 aromatic rings. The maximum atomic E-state index is 10.9. The van der Waals surface area contributed by atoms with E-state index in [1.807, 2.05) is 0 Å². The maximum Gasteiger partial charge on any atom is 0.307 e. The normalized spacial score (nSPS) is 21.3. The molecule has 1 aromatic carbocycles. The zero-order valence-electron chi connectivity index (χ0n) is 10.8. The van der Waals surface area contributed by atoms with Gasteiger partial charge in [0, 0.05) is 12.6 Å². The molecule has 1 aliphatic heterocycles. The number of aliphatic carboxylic acids is 1. The summed E-state index contributed by atoms with van der Waals surface area (Å²) in [7, 11) is 0. The van der Waals surface area contributed by atoms with Crippen LogP contribution in [0.2, 0.25) is 0 Å². The Morgan fingerprint density at radius 1 is 1.50 bits per heavy atom. The van der Waals surface area contributed by atoms with Crippen LogP contribution in [-0.2, 0) is 4.79 Å². The van der Waals surface area contributed by atoms with E-state index in [0.29, 0.717) is 12.6 Å². The van der Waals surface area contributed by atoms with Crippen LogP contribution in [0.15, 0.2) is 24.3 Å². The number of hydrogen-bond donors (Lipinski definition) is 1. The van der Waals surface area contributed by atoms with Gasteiger partial charge in [-0.25, -0.2) is 0 Å². The summed E-state index contributed by atoms with van der Waals surface area (Å²) in [6.07, 6.45) is 0.769. The Balaban J connectivity index is 0.00000162. The van der Waals surface area contributed by atoms with Crippen molar-refractivity contribution in [3.8, 4) is 0 Å². The molecule has 0 bridgehead atoms. The lowest BCUT2D eigenvalue weighted by molar-refractivity contribution is -0.141. The first-order valence-electron chi connectivity index (χ1n) is 6.11. The maximum absolute atomic E-state index is 10.9. The lowest BCUT2D eigenvalue weighted by Gasteiger charge is -2.24. The highest BCUT2D eigenvalue weighted by molar-refractivity contribution is 5.85. The number of halogens is 1. The van der Waals surface area contributed by atoms with Crippen LogP contribution >= 0.6 is 12.4 Å². The van der Waals surface area contributed by atoms with Gasteiger partial charge in [-0.15, -0.1) is 12.4 Å². The molecule has 18 heavy (non-hydrogen) atoms. The molecule has 0 aromatic heterocycles. The van der Waals surface area contributed by atoms with Gasteiger partial charge in [0.05, 0.1) is 5.92 Å². The highest BCUT2D eigenvalue weighted by Crippen LogP contribution is 2.27. The largest absolute Gasteiger partial charge is 0.481 e. The summed E-state index contributed by atoms with van der Waals surface area (Å²) < 4.78 is 0. The molecule has 2 atom stereocenters. The minimum Gasteiger partial charge on any atom is -0.481 e. The number of nitrogens with zero attached hydrogens (tertiary/aromatic N) is 1. The number of hydrogen-bond acceptors (Lipinski definition) is 2. The third kappa shape index (κ3) is 3.24. The minimum atomic E-state index is -0.663. The fraction of sp³-hybridized carbons (Fsp3) is 0.500. The monoisotopic (exact) mass is 269 g/mol. The molecule has 1 fully saturated rings. The minimum absolute atomic E-state index is 0. The fourth-order valence-electron chi connectivity index (χ4n) is 2.48. The molecule has 0 spiro atoms. The molecule has 0 saturated carbocycles. The van der Waals surface area contributed by atoms with Crippen LogP contribution in [0, 0.1) is 12.8 Å². The second-order valence-corrected chi connectivity index (χ2v) is 4.91. The Morgan fingerprint density at radius 2 is 2.22 bits per heavy atom. The first-order valence-corrected chi connectivity index (χ1v) is 6.11. The molecule has 1 aliphatic rings. The topological polar surface area (TPSA) is 40.5 Å². The number of benzene rings is 1. The summed E-state index contributed by atoms with van der Waals surface area (Å²) in [4.78, 5) is 13.2. The van der Waals surface area contributed by atoms with Gasteiger partial charge in [0.15, 0.2) is 0 Å². The lowest BCUT2D eigenvalue weighted by atomic mass is 10.0. The number of carboxylic acid groups (broad SMARTS) is 1. The van der Waals surface area contributed by atoms with Gasteiger partial charge in [0.2, 0.25) is 0 Å². The van der Waals surface area contributed by atoms with E-state index in [0.717, 1.165) is 13.0 Å². The molecule has 2 unspecified atom stereocenters. The first-order chi connectivity index (χ1) is 8.08. The van der Waals surface area contributed by atoms with Crippen molar-refractivity contribution in [1.29, 1.82) is 0 Å². The Bertz CT molecular complexity index is 422. The van der Waals surface area contributed by atoms with Gasteiger partial charge >= 0.3 is 5.97 Å². The molecule has 0 aliphatic carbocycles. The van der Waals surface area contributed by atoms with E-state index >= 15 is 0 Å². The zero-order valence-corrected chi connectivity index (χ0v) is 11.6. The van der Waals surface area contributed by atoms with E-state index in [4.69, 9.17) is 5.11 Å². The summed E-state index contributed by atoms with van der Waals surface area (Å²) >= 11 is 0. The summed E-state index contributed by atoms with van der Waals surface area (Å²) in [5.41, 5.74) is 2.53. The molecule has 100 valence electrons. The molecule has 4 heteroatoms. The highest BCUT2D eigenvalue weighted by Gasteiger charge is 2.30. The average Bonchev–Trinajstić information content (AvgIpc) is 2.77. The predicted octanol–water partition coefficient (Wildman–Crippen LogP) is 2.88. The molecule has 1 N–H and O–H groups in total. The van der Waals surface area contributed by atoms with E-state index in [9.17, 15) is 4.79 Å². The van der Waals surface area contributed by atoms with Crippen LogP contribution in [0.1, 0.15) is 30.5 Å². The number of likely N-dealkylation sites (tertiary alicyclic amines) is 1. The Labute approximate surface area is 114 Å². The highest BCUT2D eigenvalue weighted by atomic mass is 35.5. The van der Waals surface area contributed by atoms with Gasteiger partial charge in [0.1, 0.15) is 0 Å². The Kier molecular flexibility index (Phi) is 5.17. The zero-order chi connectivity index (χ0) is 12.4. The first kappa shape index (κ1) is 15.0. The number of aryl methyl sites for hydroxylation is 1. The van der Waals surface area contributed by atoms with Crippen LogP contribution < -0.4 is 0 Å². The molecular weight excluding hydrogens is 250 g/mol. The van der Waals surface area contributed by atoms with Gasteiger partial charge in [-0.3, -0.25) is 9.69 Å². The molecule has 0 amide bonds. The van der Waals surface area contributed by atoms with Crippen LogP contribution in [0.25, 0.3) is 0 Å². The molecular formula is C14H20ClNO2. The Hall–Kier alpha value is -1.06. The summed E-state index contributed by atoms with van der Waals surface area (Å²) in [5, 5.41) is 9.00. The molecule has 3 nitrogen and oxygen atoms in total. The molecule has 1 saturated heterocycles. The molecule has 1 heterocycles. The third-order valence-electron chi connectivity index (χ3n) is 3.64. The van der Waals surface area contributed by atoms with Crippen molar-refractivity contribution >= 4 is 18.4 Å². The van der Waals surface area contributed by atoms with Crippen molar-refractivity contribution in [3.63, 3.8) is 0 Å². The standard InChI is InChI=1S/C14H19NO2.ClH/c1-10-4-3-5-12(8-10)11(2)15-7-6-13(9-15)14(16)17;/h3-5,8,11,13H,6-7,9H2,1-2H3,(H,16,17);1H. The quantitative estimate of drug-likeness (QED) is 0.917. The van der Waals surface area contributed by atoms with Crippen LogP contribution in [0.4, 0.5) is 0 Å². The summed E-state index contributed by atoms with van der Waals surface area (Å²) in [6.45, 7) is 5.79. The SMILES string of the molecule is Cc1cccc(C(C)N2CCC(C(=O)O)C2)c1.Cl. The molecule has 2 rings (SSSR count). The smallest absolute Gasteiger partial charge is 0.307 e. The lowest BCUT2D eigenvalue weighted by Crippen LogP contribution is -2.26. The van der Waals surface area contributed by atoms with Crippen molar-refractivity contribution < 1.29 is 9.90 Å². The Morgan fingerprint density at radius 3 is 2.78 bits per heavy atom. The average molecular weight is 270 g/mol. The van der Waals surface area contributed by atoms with Crippen LogP contribution in [0.5, 0.6) is 0 Å². The number of carbonyl (C=O) groups is 1. The fourth-order valence-corrected chi connectivity index (χ4v) is 2.48. The van der Waals surface area contributed by atoms with E-state index in [1.54, 1.807) is 0 Å². The van der Waals surface area contributed by atoms with Crippen molar-refractivity contribution in [2.75, 3.05) is 13.1 Å². The second-order valence-electron chi connectivity index (χ2n) is 4.91. The van der Waals surface area contributed by atoms with Crippen molar-refractivity contribution in [1.82, 2.24) is 4.90 Å².